The number of carbonyl (C=O) groups is 2. The first-order valence-electron chi connectivity index (χ1n) is 4.53. The third kappa shape index (κ3) is 8.99. The zero-order valence-corrected chi connectivity index (χ0v) is 8.89. The minimum atomic E-state index is 0.0325. The first-order valence-corrected chi connectivity index (χ1v) is 4.53. The minimum Gasteiger partial charge on any atom is -0.300 e. The van der Waals surface area contributed by atoms with E-state index >= 15 is 0 Å². The van der Waals surface area contributed by atoms with Gasteiger partial charge in [0.1, 0.15) is 5.78 Å². The molecule has 0 rings (SSSR count). The van der Waals surface area contributed by atoms with Gasteiger partial charge in [-0.05, 0) is 18.4 Å². The van der Waals surface area contributed by atoms with E-state index in [1.165, 1.54) is 6.92 Å². The van der Waals surface area contributed by atoms with Crippen LogP contribution in [-0.4, -0.2) is 11.6 Å². The Morgan fingerprint density at radius 1 is 1.15 bits per heavy atom. The van der Waals surface area contributed by atoms with Gasteiger partial charge >= 0.3 is 0 Å². The maximum absolute atomic E-state index is 11.2. The average molecular weight is 182 g/mol. The van der Waals surface area contributed by atoms with Gasteiger partial charge in [0.25, 0.3) is 0 Å². The Kier molecular flexibility index (Phi) is 4.60. The van der Waals surface area contributed by atoms with Gasteiger partial charge in [-0.2, -0.15) is 0 Å². The highest BCUT2D eigenvalue weighted by Gasteiger charge is 2.05. The van der Waals surface area contributed by atoms with Crippen LogP contribution in [0.4, 0.5) is 0 Å². The molecule has 0 aliphatic rings. The molecule has 74 valence electrons. The minimum absolute atomic E-state index is 0.0325. The van der Waals surface area contributed by atoms with Crippen molar-refractivity contribution in [3.8, 4) is 0 Å². The van der Waals surface area contributed by atoms with E-state index in [9.17, 15) is 9.59 Å². The number of Topliss-reactive ketones (excluding diaryl/α,β-unsaturated/α-hetero) is 1. The van der Waals surface area contributed by atoms with E-state index in [-0.39, 0.29) is 17.0 Å². The van der Waals surface area contributed by atoms with Gasteiger partial charge in [-0.15, -0.1) is 0 Å². The van der Waals surface area contributed by atoms with Gasteiger partial charge in [-0.1, -0.05) is 26.8 Å². The molecule has 0 saturated carbocycles. The second kappa shape index (κ2) is 4.95. The van der Waals surface area contributed by atoms with Crippen LogP contribution in [-0.2, 0) is 9.59 Å². The molecule has 0 amide bonds. The second-order valence-corrected chi connectivity index (χ2v) is 4.37. The van der Waals surface area contributed by atoms with Crippen LogP contribution >= 0.6 is 0 Å². The van der Waals surface area contributed by atoms with Crippen LogP contribution in [0.5, 0.6) is 0 Å². The van der Waals surface area contributed by atoms with Gasteiger partial charge in [-0.3, -0.25) is 4.79 Å². The third-order valence-electron chi connectivity index (χ3n) is 1.49. The third-order valence-corrected chi connectivity index (χ3v) is 1.49. The van der Waals surface area contributed by atoms with Gasteiger partial charge in [0.2, 0.25) is 0 Å². The molecule has 0 bridgehead atoms. The van der Waals surface area contributed by atoms with Gasteiger partial charge < -0.3 is 4.79 Å². The molecule has 2 nitrogen and oxygen atoms in total. The lowest BCUT2D eigenvalue weighted by Crippen LogP contribution is -2.02. The average Bonchev–Trinajstić information content (AvgIpc) is 1.95. The summed E-state index contributed by atoms with van der Waals surface area (Å²) in [6, 6.07) is 0. The number of hydrogen-bond donors (Lipinski definition) is 0. The molecule has 0 saturated heterocycles. The summed E-state index contributed by atoms with van der Waals surface area (Å²) in [4.78, 5) is 21.7. The SMILES string of the molecule is CC(=O)CCC(=O)C=CC(C)(C)C. The van der Waals surface area contributed by atoms with E-state index < -0.39 is 0 Å². The molecule has 0 spiro atoms. The Morgan fingerprint density at radius 3 is 2.08 bits per heavy atom. The lowest BCUT2D eigenvalue weighted by Gasteiger charge is -2.10. The fourth-order valence-corrected chi connectivity index (χ4v) is 0.726. The maximum atomic E-state index is 11.2. The summed E-state index contributed by atoms with van der Waals surface area (Å²) in [7, 11) is 0. The summed E-state index contributed by atoms with van der Waals surface area (Å²) in [6.45, 7) is 7.59. The normalized spacial score (nSPS) is 12.0. The van der Waals surface area contributed by atoms with Gasteiger partial charge in [0.05, 0.1) is 0 Å². The second-order valence-electron chi connectivity index (χ2n) is 4.37. The monoisotopic (exact) mass is 182 g/mol. The Hall–Kier alpha value is -0.920. The molecule has 0 radical (unpaired) electrons. The van der Waals surface area contributed by atoms with E-state index in [0.29, 0.717) is 12.8 Å². The van der Waals surface area contributed by atoms with Crippen molar-refractivity contribution in [3.63, 3.8) is 0 Å². The summed E-state index contributed by atoms with van der Waals surface area (Å²) in [5.41, 5.74) is 0.0336. The highest BCUT2D eigenvalue weighted by molar-refractivity contribution is 5.92. The van der Waals surface area contributed by atoms with E-state index in [4.69, 9.17) is 0 Å². The molecular formula is C11H18O2. The molecule has 0 aromatic heterocycles. The number of hydrogen-bond acceptors (Lipinski definition) is 2. The van der Waals surface area contributed by atoms with E-state index in [1.807, 2.05) is 26.8 Å². The van der Waals surface area contributed by atoms with Gasteiger partial charge in [-0.25, -0.2) is 0 Å². The fourth-order valence-electron chi connectivity index (χ4n) is 0.726. The predicted octanol–water partition coefficient (Wildman–Crippen LogP) is 2.53. The smallest absolute Gasteiger partial charge is 0.155 e. The molecule has 0 fully saturated rings. The molecule has 2 heteroatoms. The summed E-state index contributed by atoms with van der Waals surface area (Å²) in [5, 5.41) is 0. The molecule has 0 aromatic rings. The van der Waals surface area contributed by atoms with Gasteiger partial charge in [0, 0.05) is 12.8 Å². The van der Waals surface area contributed by atoms with Crippen molar-refractivity contribution in [1.29, 1.82) is 0 Å². The topological polar surface area (TPSA) is 34.1 Å². The van der Waals surface area contributed by atoms with Crippen molar-refractivity contribution in [3.05, 3.63) is 12.2 Å². The molecule has 0 aliphatic heterocycles. The molecule has 0 aliphatic carbocycles. The summed E-state index contributed by atoms with van der Waals surface area (Å²) >= 11 is 0. The highest BCUT2D eigenvalue weighted by Crippen LogP contribution is 2.14. The largest absolute Gasteiger partial charge is 0.300 e. The highest BCUT2D eigenvalue weighted by atomic mass is 16.1. The zero-order valence-electron chi connectivity index (χ0n) is 8.89. The molecule has 0 N–H and O–H groups in total. The van der Waals surface area contributed by atoms with Crippen molar-refractivity contribution >= 4 is 11.6 Å². The standard InChI is InChI=1S/C11H18O2/c1-9(12)5-6-10(13)7-8-11(2,3)4/h7-8H,5-6H2,1-4H3. The summed E-state index contributed by atoms with van der Waals surface area (Å²) in [5.74, 6) is 0.0997. The lowest BCUT2D eigenvalue weighted by atomic mass is 9.95. The first-order chi connectivity index (χ1) is 5.81. The van der Waals surface area contributed by atoms with Crippen molar-refractivity contribution in [1.82, 2.24) is 0 Å². The van der Waals surface area contributed by atoms with Crippen molar-refractivity contribution in [2.75, 3.05) is 0 Å². The Bertz CT molecular complexity index is 219. The predicted molar refractivity (Wildman–Crippen MR) is 53.5 cm³/mol. The van der Waals surface area contributed by atoms with Crippen molar-refractivity contribution in [2.24, 2.45) is 5.41 Å². The molecule has 13 heavy (non-hydrogen) atoms. The maximum Gasteiger partial charge on any atom is 0.155 e. The number of ketones is 2. The van der Waals surface area contributed by atoms with Crippen molar-refractivity contribution < 1.29 is 9.59 Å². The van der Waals surface area contributed by atoms with Crippen LogP contribution in [0.15, 0.2) is 12.2 Å². The van der Waals surface area contributed by atoms with Crippen LogP contribution in [0.25, 0.3) is 0 Å². The van der Waals surface area contributed by atoms with E-state index in [1.54, 1.807) is 6.08 Å². The first kappa shape index (κ1) is 12.1. The van der Waals surface area contributed by atoms with E-state index in [0.717, 1.165) is 0 Å². The molecule has 0 atom stereocenters. The lowest BCUT2D eigenvalue weighted by molar-refractivity contribution is -0.120. The number of rotatable bonds is 4. The molecule has 0 aromatic carbocycles. The van der Waals surface area contributed by atoms with Crippen LogP contribution in [0.3, 0.4) is 0 Å². The van der Waals surface area contributed by atoms with Crippen LogP contribution in [0, 0.1) is 5.41 Å². The number of allylic oxidation sites excluding steroid dienone is 2. The van der Waals surface area contributed by atoms with Crippen LogP contribution < -0.4 is 0 Å². The Balaban J connectivity index is 3.88. The Morgan fingerprint density at radius 2 is 1.69 bits per heavy atom. The van der Waals surface area contributed by atoms with Gasteiger partial charge in [0.15, 0.2) is 5.78 Å². The molecule has 0 unspecified atom stereocenters. The van der Waals surface area contributed by atoms with Crippen molar-refractivity contribution in [2.45, 2.75) is 40.5 Å². The zero-order chi connectivity index (χ0) is 10.5. The Labute approximate surface area is 80.0 Å². The summed E-state index contributed by atoms with van der Waals surface area (Å²) in [6.07, 6.45) is 4.13. The van der Waals surface area contributed by atoms with Crippen LogP contribution in [0.1, 0.15) is 40.5 Å². The fraction of sp³-hybridized carbons (Fsp3) is 0.636. The molecule has 0 heterocycles. The number of carbonyl (C=O) groups excluding carboxylic acids is 2. The molecular weight excluding hydrogens is 164 g/mol. The van der Waals surface area contributed by atoms with E-state index in [2.05, 4.69) is 0 Å². The van der Waals surface area contributed by atoms with Crippen LogP contribution in [0.2, 0.25) is 0 Å². The quantitative estimate of drug-likeness (QED) is 0.626. The summed E-state index contributed by atoms with van der Waals surface area (Å²) < 4.78 is 0.